The lowest BCUT2D eigenvalue weighted by atomic mass is 9.97. The quantitative estimate of drug-likeness (QED) is 0.752. The van der Waals surface area contributed by atoms with E-state index in [4.69, 9.17) is 14.6 Å². The Balaban J connectivity index is 0.000000396. The third kappa shape index (κ3) is 4.66. The second kappa shape index (κ2) is 8.90. The molecule has 0 bridgehead atoms. The standard InChI is InChI=1S/C17H22N2O4.C2HF3O2/c1-17(16(21)22)9-5-10-19(17)13-8-11-18(15(13)20)12-6-3-4-7-14(12)23-2;3-2(4,5)1(6)7/h3-4,6-7,13H,5,8-11H2,1-2H3,(H,21,22);(H,6,7). The Kier molecular flexibility index (Phi) is 6.96. The van der Waals surface area contributed by atoms with E-state index in [1.54, 1.807) is 18.9 Å². The molecule has 166 valence electrons. The summed E-state index contributed by atoms with van der Waals surface area (Å²) in [6.07, 6.45) is -3.05. The molecule has 1 aromatic rings. The molecule has 8 nitrogen and oxygen atoms in total. The van der Waals surface area contributed by atoms with E-state index >= 15 is 0 Å². The number of benzene rings is 1. The largest absolute Gasteiger partial charge is 0.495 e. The number of rotatable bonds is 4. The molecule has 11 heteroatoms. The van der Waals surface area contributed by atoms with Crippen LogP contribution < -0.4 is 9.64 Å². The number of carboxylic acid groups (broad SMARTS) is 2. The maximum atomic E-state index is 12.9. The van der Waals surface area contributed by atoms with E-state index in [2.05, 4.69) is 0 Å². The molecule has 2 atom stereocenters. The Morgan fingerprint density at radius 3 is 2.33 bits per heavy atom. The van der Waals surface area contributed by atoms with Crippen LogP contribution in [-0.2, 0) is 14.4 Å². The number of aliphatic carboxylic acids is 2. The molecule has 0 aromatic heterocycles. The normalized spacial score (nSPS) is 24.4. The van der Waals surface area contributed by atoms with Crippen LogP contribution in [0.1, 0.15) is 26.2 Å². The van der Waals surface area contributed by atoms with Crippen LogP contribution in [0.25, 0.3) is 0 Å². The number of alkyl halides is 3. The van der Waals surface area contributed by atoms with E-state index in [0.29, 0.717) is 31.7 Å². The summed E-state index contributed by atoms with van der Waals surface area (Å²) >= 11 is 0. The number of methoxy groups -OCH3 is 1. The van der Waals surface area contributed by atoms with Crippen LogP contribution in [-0.4, -0.2) is 70.9 Å². The van der Waals surface area contributed by atoms with Gasteiger partial charge >= 0.3 is 18.1 Å². The summed E-state index contributed by atoms with van der Waals surface area (Å²) in [6, 6.07) is 7.05. The van der Waals surface area contributed by atoms with Crippen molar-refractivity contribution in [3.05, 3.63) is 24.3 Å². The van der Waals surface area contributed by atoms with Gasteiger partial charge in [-0.25, -0.2) is 4.79 Å². The number of amides is 1. The van der Waals surface area contributed by atoms with Gasteiger partial charge in [0.15, 0.2) is 0 Å². The van der Waals surface area contributed by atoms with Gasteiger partial charge in [0.25, 0.3) is 0 Å². The minimum atomic E-state index is -5.08. The Labute approximate surface area is 170 Å². The fourth-order valence-corrected chi connectivity index (χ4v) is 3.76. The van der Waals surface area contributed by atoms with Crippen molar-refractivity contribution in [2.24, 2.45) is 0 Å². The van der Waals surface area contributed by atoms with E-state index in [1.165, 1.54) is 0 Å². The van der Waals surface area contributed by atoms with Gasteiger partial charge in [-0.15, -0.1) is 0 Å². The fraction of sp³-hybridized carbons (Fsp3) is 0.526. The maximum Gasteiger partial charge on any atom is 0.490 e. The van der Waals surface area contributed by atoms with Crippen molar-refractivity contribution in [1.82, 2.24) is 4.90 Å². The van der Waals surface area contributed by atoms with Crippen LogP contribution in [0.3, 0.4) is 0 Å². The molecule has 0 spiro atoms. The number of hydrogen-bond donors (Lipinski definition) is 2. The SMILES string of the molecule is COc1ccccc1N1CCC(N2CCCC2(C)C(=O)O)C1=O.O=C(O)C(F)(F)F. The van der Waals surface area contributed by atoms with Gasteiger partial charge in [0.1, 0.15) is 11.3 Å². The number of likely N-dealkylation sites (tertiary alicyclic amines) is 1. The molecule has 30 heavy (non-hydrogen) atoms. The summed E-state index contributed by atoms with van der Waals surface area (Å²) in [5.74, 6) is -2.99. The monoisotopic (exact) mass is 432 g/mol. The summed E-state index contributed by atoms with van der Waals surface area (Å²) in [7, 11) is 1.58. The highest BCUT2D eigenvalue weighted by molar-refractivity contribution is 6.01. The van der Waals surface area contributed by atoms with Gasteiger partial charge in [-0.3, -0.25) is 14.5 Å². The molecule has 2 aliphatic heterocycles. The third-order valence-electron chi connectivity index (χ3n) is 5.33. The molecule has 2 fully saturated rings. The Bertz CT molecular complexity index is 816. The second-order valence-electron chi connectivity index (χ2n) is 7.15. The average molecular weight is 432 g/mol. The van der Waals surface area contributed by atoms with Crippen molar-refractivity contribution in [2.45, 2.75) is 43.9 Å². The maximum absolute atomic E-state index is 12.9. The summed E-state index contributed by atoms with van der Waals surface area (Å²) in [5, 5.41) is 16.7. The molecule has 1 aromatic carbocycles. The number of nitrogens with zero attached hydrogens (tertiary/aromatic N) is 2. The van der Waals surface area contributed by atoms with E-state index < -0.39 is 23.7 Å². The van der Waals surface area contributed by atoms with Gasteiger partial charge in [-0.1, -0.05) is 12.1 Å². The number of hydrogen-bond acceptors (Lipinski definition) is 5. The predicted molar refractivity (Wildman–Crippen MR) is 99.4 cm³/mol. The number of carbonyl (C=O) groups is 3. The number of carboxylic acids is 2. The zero-order valence-electron chi connectivity index (χ0n) is 16.5. The zero-order chi connectivity index (χ0) is 22.7. The van der Waals surface area contributed by atoms with Gasteiger partial charge in [0, 0.05) is 13.1 Å². The molecule has 0 aliphatic carbocycles. The first-order chi connectivity index (χ1) is 13.9. The van der Waals surface area contributed by atoms with Gasteiger partial charge in [0.2, 0.25) is 5.91 Å². The molecule has 2 unspecified atom stereocenters. The van der Waals surface area contributed by atoms with Crippen LogP contribution in [0, 0.1) is 0 Å². The van der Waals surface area contributed by atoms with Gasteiger partial charge < -0.3 is 19.8 Å². The topological polar surface area (TPSA) is 107 Å². The third-order valence-corrected chi connectivity index (χ3v) is 5.33. The zero-order valence-corrected chi connectivity index (χ0v) is 16.5. The van der Waals surface area contributed by atoms with Crippen LogP contribution in [0.5, 0.6) is 5.75 Å². The van der Waals surface area contributed by atoms with E-state index in [9.17, 15) is 27.9 Å². The van der Waals surface area contributed by atoms with Crippen molar-refractivity contribution >= 4 is 23.5 Å². The van der Waals surface area contributed by atoms with Crippen LogP contribution in [0.4, 0.5) is 18.9 Å². The summed E-state index contributed by atoms with van der Waals surface area (Å²) in [4.78, 5) is 37.0. The first-order valence-electron chi connectivity index (χ1n) is 9.18. The fourth-order valence-electron chi connectivity index (χ4n) is 3.76. The molecule has 3 rings (SSSR count). The number of para-hydroxylation sites is 2. The molecule has 1 amide bonds. The lowest BCUT2D eigenvalue weighted by Crippen LogP contribution is -2.54. The molecule has 2 aliphatic rings. The van der Waals surface area contributed by atoms with Crippen LogP contribution in [0.2, 0.25) is 0 Å². The number of carbonyl (C=O) groups excluding carboxylic acids is 1. The highest BCUT2D eigenvalue weighted by atomic mass is 19.4. The van der Waals surface area contributed by atoms with Crippen molar-refractivity contribution in [3.8, 4) is 5.75 Å². The van der Waals surface area contributed by atoms with Crippen molar-refractivity contribution < 1.29 is 42.5 Å². The predicted octanol–water partition coefficient (Wildman–Crippen LogP) is 2.37. The van der Waals surface area contributed by atoms with E-state index in [1.807, 2.05) is 29.2 Å². The van der Waals surface area contributed by atoms with Gasteiger partial charge in [-0.05, 0) is 38.3 Å². The second-order valence-corrected chi connectivity index (χ2v) is 7.15. The smallest absolute Gasteiger partial charge is 0.490 e. The summed E-state index contributed by atoms with van der Waals surface area (Å²) in [5.41, 5.74) is -0.198. The Hall–Kier alpha value is -2.82. The lowest BCUT2D eigenvalue weighted by Gasteiger charge is -2.35. The van der Waals surface area contributed by atoms with Gasteiger partial charge in [-0.2, -0.15) is 13.2 Å². The lowest BCUT2D eigenvalue weighted by molar-refractivity contribution is -0.192. The van der Waals surface area contributed by atoms with Crippen molar-refractivity contribution in [2.75, 3.05) is 25.1 Å². The molecular formula is C19H23F3N2O6. The van der Waals surface area contributed by atoms with Gasteiger partial charge in [0.05, 0.1) is 18.8 Å². The molecule has 2 heterocycles. The van der Waals surface area contributed by atoms with Crippen molar-refractivity contribution in [3.63, 3.8) is 0 Å². The molecule has 2 saturated heterocycles. The minimum absolute atomic E-state index is 0.0381. The summed E-state index contributed by atoms with van der Waals surface area (Å²) < 4.78 is 37.1. The number of ether oxygens (including phenoxy) is 1. The molecule has 2 N–H and O–H groups in total. The summed E-state index contributed by atoms with van der Waals surface area (Å²) in [6.45, 7) is 2.95. The number of halogens is 3. The molecule has 0 saturated carbocycles. The van der Waals surface area contributed by atoms with E-state index in [-0.39, 0.29) is 11.9 Å². The average Bonchev–Trinajstić information content (AvgIpc) is 3.24. The number of anilines is 1. The highest BCUT2D eigenvalue weighted by Gasteiger charge is 2.50. The highest BCUT2D eigenvalue weighted by Crippen LogP contribution is 2.37. The Morgan fingerprint density at radius 1 is 1.20 bits per heavy atom. The molecular weight excluding hydrogens is 409 g/mol. The van der Waals surface area contributed by atoms with E-state index in [0.717, 1.165) is 12.1 Å². The molecule has 0 radical (unpaired) electrons. The van der Waals surface area contributed by atoms with Crippen LogP contribution in [0.15, 0.2) is 24.3 Å². The minimum Gasteiger partial charge on any atom is -0.495 e. The first-order valence-corrected chi connectivity index (χ1v) is 9.18. The Morgan fingerprint density at radius 2 is 1.80 bits per heavy atom. The van der Waals surface area contributed by atoms with Crippen LogP contribution >= 0.6 is 0 Å². The first kappa shape index (κ1) is 23.5. The van der Waals surface area contributed by atoms with Crippen molar-refractivity contribution in [1.29, 1.82) is 0 Å².